The minimum absolute atomic E-state index is 0.146. The molecule has 148 valence electrons. The highest BCUT2D eigenvalue weighted by Crippen LogP contribution is 2.33. The van der Waals surface area contributed by atoms with E-state index >= 15 is 0 Å². The van der Waals surface area contributed by atoms with E-state index in [1.807, 2.05) is 0 Å². The molecular weight excluding hydrogens is 425 g/mol. The number of aromatic hydroxyl groups is 1. The van der Waals surface area contributed by atoms with E-state index in [9.17, 15) is 29.9 Å². The number of nitrogens with one attached hydrogen (secondary N) is 2. The number of amides is 1. The summed E-state index contributed by atoms with van der Waals surface area (Å²) in [7, 11) is 0. The minimum atomic E-state index is -1.27. The summed E-state index contributed by atoms with van der Waals surface area (Å²) >= 11 is 12.1. The fourth-order valence-electron chi connectivity index (χ4n) is 2.68. The van der Waals surface area contributed by atoms with Gasteiger partial charge in [0.25, 0.3) is 5.69 Å². The molecule has 0 bridgehead atoms. The van der Waals surface area contributed by atoms with Crippen LogP contribution in [-0.4, -0.2) is 32.0 Å². The number of hydrogen-bond acceptors (Lipinski definition) is 5. The van der Waals surface area contributed by atoms with Crippen molar-refractivity contribution in [3.05, 3.63) is 67.8 Å². The van der Waals surface area contributed by atoms with Crippen LogP contribution in [0.2, 0.25) is 10.0 Å². The van der Waals surface area contributed by atoms with Crippen molar-refractivity contribution >= 4 is 63.4 Å². The second-order valence-corrected chi connectivity index (χ2v) is 6.65. The number of carbonyl (C=O) groups is 2. The molecule has 0 aliphatic heterocycles. The van der Waals surface area contributed by atoms with Gasteiger partial charge in [-0.3, -0.25) is 14.9 Å². The van der Waals surface area contributed by atoms with Gasteiger partial charge in [0, 0.05) is 39.7 Å². The van der Waals surface area contributed by atoms with Crippen molar-refractivity contribution in [1.29, 1.82) is 0 Å². The van der Waals surface area contributed by atoms with Crippen LogP contribution in [0.25, 0.3) is 17.0 Å². The summed E-state index contributed by atoms with van der Waals surface area (Å²) in [6, 6.07) is 6.08. The smallest absolute Gasteiger partial charge is 0.352 e. The highest BCUT2D eigenvalue weighted by Gasteiger charge is 2.18. The van der Waals surface area contributed by atoms with Gasteiger partial charge in [0.1, 0.15) is 11.4 Å². The number of halogens is 2. The number of non-ortho nitro benzene ring substituents is 1. The Bertz CT molecular complexity index is 1200. The first kappa shape index (κ1) is 20.2. The van der Waals surface area contributed by atoms with Gasteiger partial charge in [-0.15, -0.1) is 0 Å². The van der Waals surface area contributed by atoms with E-state index in [2.05, 4.69) is 10.3 Å². The summed E-state index contributed by atoms with van der Waals surface area (Å²) in [4.78, 5) is 36.6. The molecule has 0 unspecified atom stereocenters. The predicted molar refractivity (Wildman–Crippen MR) is 108 cm³/mol. The van der Waals surface area contributed by atoms with Crippen molar-refractivity contribution < 1.29 is 24.7 Å². The number of anilines is 1. The van der Waals surface area contributed by atoms with Crippen LogP contribution in [0.1, 0.15) is 16.1 Å². The maximum absolute atomic E-state index is 12.2. The number of aromatic carboxylic acids is 1. The van der Waals surface area contributed by atoms with Gasteiger partial charge in [0.05, 0.1) is 15.6 Å². The zero-order valence-electron chi connectivity index (χ0n) is 14.3. The van der Waals surface area contributed by atoms with Crippen molar-refractivity contribution in [2.45, 2.75) is 0 Å². The lowest BCUT2D eigenvalue weighted by atomic mass is 10.1. The summed E-state index contributed by atoms with van der Waals surface area (Å²) in [5.41, 5.74) is -0.179. The van der Waals surface area contributed by atoms with Gasteiger partial charge in [0.15, 0.2) is 0 Å². The van der Waals surface area contributed by atoms with E-state index in [4.69, 9.17) is 23.2 Å². The van der Waals surface area contributed by atoms with Crippen molar-refractivity contribution in [3.8, 4) is 5.75 Å². The van der Waals surface area contributed by atoms with Gasteiger partial charge < -0.3 is 20.5 Å². The van der Waals surface area contributed by atoms with Crippen LogP contribution in [0.5, 0.6) is 5.75 Å². The Labute approximate surface area is 172 Å². The molecule has 9 nitrogen and oxygen atoms in total. The third-order valence-electron chi connectivity index (χ3n) is 3.92. The zero-order chi connectivity index (χ0) is 21.3. The van der Waals surface area contributed by atoms with Gasteiger partial charge in [-0.25, -0.2) is 4.79 Å². The molecule has 0 fully saturated rings. The van der Waals surface area contributed by atoms with E-state index < -0.39 is 16.8 Å². The molecule has 3 aromatic rings. The molecule has 0 aliphatic rings. The maximum Gasteiger partial charge on any atom is 0.352 e. The standard InChI is InChI=1S/C18H11Cl2N3O6/c19-8-5-11(20)16-10(17(18(26)27)22-13(16)6-8)2-4-15(25)21-12-7-9(23(28)29)1-3-14(12)24/h1-7,22,24H,(H,21,25)(H,26,27). The highest BCUT2D eigenvalue weighted by atomic mass is 35.5. The van der Waals surface area contributed by atoms with Crippen molar-refractivity contribution in [2.75, 3.05) is 5.32 Å². The summed E-state index contributed by atoms with van der Waals surface area (Å²) in [5.74, 6) is -2.39. The molecular formula is C18H11Cl2N3O6. The summed E-state index contributed by atoms with van der Waals surface area (Å²) in [6.07, 6.45) is 2.24. The first-order valence-corrected chi connectivity index (χ1v) is 8.63. The van der Waals surface area contributed by atoms with E-state index in [1.165, 1.54) is 18.2 Å². The number of nitro groups is 1. The Hall–Kier alpha value is -3.56. The number of benzene rings is 2. The lowest BCUT2D eigenvalue weighted by Crippen LogP contribution is -2.08. The molecule has 2 aromatic carbocycles. The number of carboxylic acids is 1. The molecule has 0 spiro atoms. The number of hydrogen-bond donors (Lipinski definition) is 4. The molecule has 11 heteroatoms. The molecule has 0 atom stereocenters. The van der Waals surface area contributed by atoms with E-state index in [0.717, 1.165) is 24.3 Å². The lowest BCUT2D eigenvalue weighted by molar-refractivity contribution is -0.384. The van der Waals surface area contributed by atoms with Crippen LogP contribution in [0.3, 0.4) is 0 Å². The van der Waals surface area contributed by atoms with Crippen LogP contribution in [0.15, 0.2) is 36.4 Å². The molecule has 1 amide bonds. The molecule has 0 saturated carbocycles. The lowest BCUT2D eigenvalue weighted by Gasteiger charge is -2.05. The number of rotatable bonds is 5. The third kappa shape index (κ3) is 4.15. The fourth-order valence-corrected chi connectivity index (χ4v) is 3.27. The Morgan fingerprint density at radius 1 is 1.21 bits per heavy atom. The first-order valence-electron chi connectivity index (χ1n) is 7.88. The molecule has 0 saturated heterocycles. The number of aromatic amines is 1. The van der Waals surface area contributed by atoms with Gasteiger partial charge in [-0.1, -0.05) is 23.2 Å². The maximum atomic E-state index is 12.2. The van der Waals surface area contributed by atoms with Crippen molar-refractivity contribution in [3.63, 3.8) is 0 Å². The fraction of sp³-hybridized carbons (Fsp3) is 0. The highest BCUT2D eigenvalue weighted by molar-refractivity contribution is 6.39. The number of phenols is 1. The van der Waals surface area contributed by atoms with Crippen LogP contribution in [0.4, 0.5) is 11.4 Å². The molecule has 29 heavy (non-hydrogen) atoms. The van der Waals surface area contributed by atoms with Gasteiger partial charge >= 0.3 is 5.97 Å². The third-order valence-corrected chi connectivity index (χ3v) is 4.43. The monoisotopic (exact) mass is 435 g/mol. The average molecular weight is 436 g/mol. The molecule has 3 rings (SSSR count). The van der Waals surface area contributed by atoms with Crippen LogP contribution < -0.4 is 5.32 Å². The van der Waals surface area contributed by atoms with Gasteiger partial charge in [-0.05, 0) is 24.3 Å². The Balaban J connectivity index is 1.96. The Morgan fingerprint density at radius 2 is 1.93 bits per heavy atom. The minimum Gasteiger partial charge on any atom is -0.506 e. The number of nitro benzene ring substituents is 1. The zero-order valence-corrected chi connectivity index (χ0v) is 15.8. The average Bonchev–Trinajstić information content (AvgIpc) is 3.00. The summed E-state index contributed by atoms with van der Waals surface area (Å²) in [6.45, 7) is 0. The SMILES string of the molecule is O=C(C=Cc1c(C(=O)O)[nH]c2cc(Cl)cc(Cl)c12)Nc1cc([N+](=O)[O-])ccc1O. The van der Waals surface area contributed by atoms with Gasteiger partial charge in [0.2, 0.25) is 5.91 Å². The number of nitrogens with zero attached hydrogens (tertiary/aromatic N) is 1. The van der Waals surface area contributed by atoms with E-state index in [-0.39, 0.29) is 33.4 Å². The molecule has 4 N–H and O–H groups in total. The van der Waals surface area contributed by atoms with E-state index in [0.29, 0.717) is 15.9 Å². The van der Waals surface area contributed by atoms with Crippen LogP contribution in [-0.2, 0) is 4.79 Å². The van der Waals surface area contributed by atoms with Gasteiger partial charge in [-0.2, -0.15) is 0 Å². The number of carboxylic acid groups (broad SMARTS) is 1. The van der Waals surface area contributed by atoms with Crippen LogP contribution >= 0.6 is 23.2 Å². The predicted octanol–water partition coefficient (Wildman–Crippen LogP) is 4.44. The quantitative estimate of drug-likeness (QED) is 0.201. The number of carbonyl (C=O) groups excluding carboxylic acids is 1. The number of aromatic nitrogens is 1. The van der Waals surface area contributed by atoms with Crippen LogP contribution in [0, 0.1) is 10.1 Å². The number of fused-ring (bicyclic) bond motifs is 1. The number of phenolic OH excluding ortho intramolecular Hbond substituents is 1. The summed E-state index contributed by atoms with van der Waals surface area (Å²) < 4.78 is 0. The second kappa shape index (κ2) is 7.82. The molecule has 1 heterocycles. The second-order valence-electron chi connectivity index (χ2n) is 5.81. The molecule has 0 radical (unpaired) electrons. The largest absolute Gasteiger partial charge is 0.506 e. The number of H-pyrrole nitrogens is 1. The molecule has 0 aliphatic carbocycles. The summed E-state index contributed by atoms with van der Waals surface area (Å²) in [5, 5.41) is 33.1. The van der Waals surface area contributed by atoms with Crippen molar-refractivity contribution in [1.82, 2.24) is 4.98 Å². The molecule has 1 aromatic heterocycles. The Morgan fingerprint density at radius 3 is 2.59 bits per heavy atom. The first-order chi connectivity index (χ1) is 13.7. The van der Waals surface area contributed by atoms with E-state index in [1.54, 1.807) is 0 Å². The topological polar surface area (TPSA) is 146 Å². The van der Waals surface area contributed by atoms with Crippen molar-refractivity contribution in [2.24, 2.45) is 0 Å². The normalized spacial score (nSPS) is 11.1. The Kier molecular flexibility index (Phi) is 5.44.